The highest BCUT2D eigenvalue weighted by Crippen LogP contribution is 2.45. The van der Waals surface area contributed by atoms with Crippen LogP contribution in [0, 0.1) is 5.92 Å². The zero-order chi connectivity index (χ0) is 71.2. The Kier molecular flexibility index (Phi) is 68.8. The summed E-state index contributed by atoms with van der Waals surface area (Å²) >= 11 is 0. The molecule has 0 aromatic carbocycles. The summed E-state index contributed by atoms with van der Waals surface area (Å²) in [5.74, 6) is -1.34. The Hall–Kier alpha value is -2.46. The van der Waals surface area contributed by atoms with E-state index in [2.05, 4.69) is 58.9 Å². The second-order valence-electron chi connectivity index (χ2n) is 27.7. The van der Waals surface area contributed by atoms with Gasteiger partial charge < -0.3 is 33.8 Å². The molecule has 0 radical (unpaired) electrons. The molecule has 6 atom stereocenters. The summed E-state index contributed by atoms with van der Waals surface area (Å²) in [7, 11) is -9.93. The average Bonchev–Trinajstić information content (AvgIpc) is 1.34. The van der Waals surface area contributed by atoms with Gasteiger partial charge in [0.05, 0.1) is 26.4 Å². The first-order valence-corrected chi connectivity index (χ1v) is 43.0. The molecule has 0 aliphatic carbocycles. The van der Waals surface area contributed by atoms with Crippen molar-refractivity contribution in [1.82, 2.24) is 0 Å². The number of esters is 4. The van der Waals surface area contributed by atoms with E-state index < -0.39 is 97.5 Å². The van der Waals surface area contributed by atoms with Crippen molar-refractivity contribution in [1.29, 1.82) is 0 Å². The molecule has 0 amide bonds. The van der Waals surface area contributed by atoms with Crippen molar-refractivity contribution in [2.75, 3.05) is 39.6 Å². The van der Waals surface area contributed by atoms with Crippen LogP contribution >= 0.6 is 15.6 Å². The maximum absolute atomic E-state index is 13.1. The minimum atomic E-state index is -4.97. The van der Waals surface area contributed by atoms with Gasteiger partial charge in [-0.3, -0.25) is 37.3 Å². The molecule has 0 heterocycles. The monoisotopic (exact) mass is 1420 g/mol. The fraction of sp³-hybridized carbons (Fsp3) is 0.897. The minimum absolute atomic E-state index is 0.0858. The van der Waals surface area contributed by atoms with Crippen molar-refractivity contribution in [2.24, 2.45) is 5.92 Å². The summed E-state index contributed by atoms with van der Waals surface area (Å²) in [6.07, 6.45) is 63.0. The van der Waals surface area contributed by atoms with Gasteiger partial charge in [-0.2, -0.15) is 0 Å². The molecule has 3 N–H and O–H groups in total. The zero-order valence-corrected chi connectivity index (χ0v) is 64.5. The van der Waals surface area contributed by atoms with E-state index in [1.807, 2.05) is 0 Å². The van der Waals surface area contributed by atoms with Crippen LogP contribution in [0.1, 0.15) is 388 Å². The van der Waals surface area contributed by atoms with Crippen LogP contribution in [-0.2, 0) is 65.4 Å². The van der Waals surface area contributed by atoms with Gasteiger partial charge in [-0.25, -0.2) is 9.13 Å². The van der Waals surface area contributed by atoms with Crippen LogP contribution in [-0.4, -0.2) is 96.7 Å². The molecule has 19 heteroatoms. The van der Waals surface area contributed by atoms with Gasteiger partial charge in [0, 0.05) is 25.7 Å². The third-order valence-electron chi connectivity index (χ3n) is 18.0. The lowest BCUT2D eigenvalue weighted by Gasteiger charge is -2.21. The van der Waals surface area contributed by atoms with E-state index in [0.717, 1.165) is 109 Å². The molecule has 0 aliphatic rings. The molecule has 0 bridgehead atoms. The quantitative estimate of drug-likeness (QED) is 0.0169. The van der Waals surface area contributed by atoms with Gasteiger partial charge in [-0.1, -0.05) is 335 Å². The number of ether oxygens (including phenoxy) is 4. The number of carbonyl (C=O) groups is 4. The summed E-state index contributed by atoms with van der Waals surface area (Å²) in [5.41, 5.74) is 0. The van der Waals surface area contributed by atoms with Gasteiger partial charge >= 0.3 is 39.5 Å². The van der Waals surface area contributed by atoms with Crippen LogP contribution < -0.4 is 0 Å². The Morgan fingerprint density at radius 3 is 0.876 bits per heavy atom. The average molecular weight is 1420 g/mol. The molecule has 0 rings (SSSR count). The normalized spacial score (nSPS) is 14.4. The predicted octanol–water partition coefficient (Wildman–Crippen LogP) is 22.8. The molecule has 0 aromatic rings. The molecule has 0 saturated carbocycles. The lowest BCUT2D eigenvalue weighted by Crippen LogP contribution is -2.30. The highest BCUT2D eigenvalue weighted by atomic mass is 31.2. The fourth-order valence-electron chi connectivity index (χ4n) is 11.5. The van der Waals surface area contributed by atoms with Gasteiger partial charge in [0.15, 0.2) is 12.2 Å². The Morgan fingerprint density at radius 2 is 0.577 bits per heavy atom. The van der Waals surface area contributed by atoms with E-state index in [0.29, 0.717) is 25.7 Å². The Morgan fingerprint density at radius 1 is 0.330 bits per heavy atom. The number of aliphatic hydroxyl groups excluding tert-OH is 1. The predicted molar refractivity (Wildman–Crippen MR) is 395 cm³/mol. The Balaban J connectivity index is 5.31. The number of aliphatic hydroxyl groups is 1. The fourth-order valence-corrected chi connectivity index (χ4v) is 13.1. The largest absolute Gasteiger partial charge is 0.472 e. The Bertz CT molecular complexity index is 1950. The van der Waals surface area contributed by atoms with E-state index in [1.165, 1.54) is 199 Å². The molecule has 0 spiro atoms. The van der Waals surface area contributed by atoms with Crippen molar-refractivity contribution >= 4 is 39.5 Å². The minimum Gasteiger partial charge on any atom is -0.462 e. The maximum atomic E-state index is 13.1. The van der Waals surface area contributed by atoms with Crippen LogP contribution in [0.5, 0.6) is 0 Å². The molecular weight excluding hydrogens is 1270 g/mol. The molecular formula is C78H148O17P2. The van der Waals surface area contributed by atoms with Crippen LogP contribution in [0.2, 0.25) is 0 Å². The van der Waals surface area contributed by atoms with Crippen molar-refractivity contribution in [2.45, 2.75) is 406 Å². The number of carbonyl (C=O) groups excluding carboxylic acids is 4. The number of phosphoric ester groups is 2. The van der Waals surface area contributed by atoms with E-state index in [9.17, 15) is 43.2 Å². The number of rotatable bonds is 76. The molecule has 3 unspecified atom stereocenters. The number of hydrogen-bond donors (Lipinski definition) is 3. The smallest absolute Gasteiger partial charge is 0.462 e. The van der Waals surface area contributed by atoms with Gasteiger partial charge in [0.25, 0.3) is 0 Å². The van der Waals surface area contributed by atoms with Gasteiger partial charge in [-0.15, -0.1) is 0 Å². The van der Waals surface area contributed by atoms with E-state index in [1.54, 1.807) is 0 Å². The van der Waals surface area contributed by atoms with Crippen LogP contribution in [0.25, 0.3) is 0 Å². The molecule has 572 valence electrons. The van der Waals surface area contributed by atoms with Crippen molar-refractivity contribution in [3.8, 4) is 0 Å². The van der Waals surface area contributed by atoms with Crippen molar-refractivity contribution < 1.29 is 80.2 Å². The Labute approximate surface area is 592 Å². The number of phosphoric acid groups is 2. The molecule has 0 aromatic heterocycles. The summed E-state index contributed by atoms with van der Waals surface area (Å²) < 4.78 is 68.6. The molecule has 0 fully saturated rings. The van der Waals surface area contributed by atoms with Gasteiger partial charge in [-0.05, 0) is 57.3 Å². The third kappa shape index (κ3) is 70.4. The summed E-state index contributed by atoms with van der Waals surface area (Å²) in [6.45, 7) is 7.27. The summed E-state index contributed by atoms with van der Waals surface area (Å²) in [5, 5.41) is 10.6. The van der Waals surface area contributed by atoms with E-state index in [-0.39, 0.29) is 25.7 Å². The lowest BCUT2D eigenvalue weighted by atomic mass is 9.99. The maximum Gasteiger partial charge on any atom is 0.472 e. The third-order valence-corrected chi connectivity index (χ3v) is 19.9. The molecule has 97 heavy (non-hydrogen) atoms. The topological polar surface area (TPSA) is 237 Å². The molecule has 0 aliphatic heterocycles. The van der Waals surface area contributed by atoms with E-state index >= 15 is 0 Å². The van der Waals surface area contributed by atoms with E-state index in [4.69, 9.17) is 37.0 Å². The molecule has 17 nitrogen and oxygen atoms in total. The zero-order valence-electron chi connectivity index (χ0n) is 62.7. The highest BCUT2D eigenvalue weighted by Gasteiger charge is 2.30. The van der Waals surface area contributed by atoms with Crippen LogP contribution in [0.4, 0.5) is 0 Å². The summed E-state index contributed by atoms with van der Waals surface area (Å²) in [6, 6.07) is 0. The first kappa shape index (κ1) is 94.5. The van der Waals surface area contributed by atoms with Crippen LogP contribution in [0.3, 0.4) is 0 Å². The standard InChI is InChI=1S/C78H148O17P2/c1-6-10-13-16-19-22-25-28-30-33-36-42-47-52-57-62-76(81)89-67-73(94-77(82)63-58-53-48-43-37-34-31-29-26-23-20-17-14-11-7-2)69-92-96(84,85)90-65-72(79)66-91-97(86,87)93-70-74(68-88-75(80)61-56-51-46-41-35-32-27-24-21-18-15-12-8-3)95-78(83)64-59-54-49-44-39-38-40-45-50-55-60-71(5)9-4/h23,26,29,31,71-74,79H,6-22,24-25,27-28,30,32-70H2,1-5H3,(H,84,85)(H,86,87)/b26-23-,31-29-/t71?,72-,73-,74-/m1/s1. The first-order chi connectivity index (χ1) is 47.1. The number of allylic oxidation sites excluding steroid dienone is 4. The van der Waals surface area contributed by atoms with Crippen molar-refractivity contribution in [3.05, 3.63) is 24.3 Å². The molecule has 0 saturated heterocycles. The lowest BCUT2D eigenvalue weighted by molar-refractivity contribution is -0.161. The SMILES string of the molecule is CCCCCC/C=C\C=C/CCCCCCCC(=O)O[C@H](COC(=O)CCCCCCCCCCCCCCCCC)COP(=O)(O)OC[C@@H](O)COP(=O)(O)OC[C@@H](COC(=O)CCCCCCCCCCCCCCC)OC(=O)CCCCCCCCCCCCC(C)CC. The van der Waals surface area contributed by atoms with Crippen LogP contribution in [0.15, 0.2) is 24.3 Å². The van der Waals surface area contributed by atoms with Crippen molar-refractivity contribution in [3.63, 3.8) is 0 Å². The highest BCUT2D eigenvalue weighted by molar-refractivity contribution is 7.47. The second-order valence-corrected chi connectivity index (χ2v) is 30.6. The summed E-state index contributed by atoms with van der Waals surface area (Å²) in [4.78, 5) is 72.9. The second kappa shape index (κ2) is 70.6. The van der Waals surface area contributed by atoms with Gasteiger partial charge in [0.1, 0.15) is 19.3 Å². The number of hydrogen-bond acceptors (Lipinski definition) is 15. The number of unbranched alkanes of at least 4 members (excludes halogenated alkanes) is 44. The first-order valence-electron chi connectivity index (χ1n) is 40.0. The van der Waals surface area contributed by atoms with Gasteiger partial charge in [0.2, 0.25) is 0 Å².